The molecule has 0 amide bonds. The number of halogens is 2. The van der Waals surface area contributed by atoms with Crippen molar-refractivity contribution in [1.82, 2.24) is 4.98 Å². The van der Waals surface area contributed by atoms with Crippen LogP contribution in [0.5, 0.6) is 0 Å². The SMILES string of the molecule is CC(C)(C)c1cc(N)c2c(F)ccc(Br)c2n1. The Balaban J connectivity index is 2.87. The van der Waals surface area contributed by atoms with E-state index in [1.165, 1.54) is 6.07 Å². The van der Waals surface area contributed by atoms with E-state index >= 15 is 0 Å². The number of nitrogens with two attached hydrogens (primary N) is 1. The van der Waals surface area contributed by atoms with Crippen LogP contribution in [0.4, 0.5) is 10.1 Å². The smallest absolute Gasteiger partial charge is 0.134 e. The van der Waals surface area contributed by atoms with Crippen LogP contribution < -0.4 is 5.73 Å². The third kappa shape index (κ3) is 2.14. The van der Waals surface area contributed by atoms with Gasteiger partial charge in [0.15, 0.2) is 0 Å². The topological polar surface area (TPSA) is 38.9 Å². The number of nitrogen functional groups attached to an aromatic ring is 1. The van der Waals surface area contributed by atoms with E-state index in [1.807, 2.05) is 20.8 Å². The molecule has 1 aromatic heterocycles. The lowest BCUT2D eigenvalue weighted by molar-refractivity contribution is 0.571. The predicted octanol–water partition coefficient (Wildman–Crippen LogP) is 4.02. The summed E-state index contributed by atoms with van der Waals surface area (Å²) in [4.78, 5) is 4.50. The van der Waals surface area contributed by atoms with Crippen molar-refractivity contribution in [3.8, 4) is 0 Å². The molecule has 0 aliphatic heterocycles. The van der Waals surface area contributed by atoms with Gasteiger partial charge in [-0.1, -0.05) is 20.8 Å². The molecule has 4 heteroatoms. The van der Waals surface area contributed by atoms with Crippen molar-refractivity contribution in [1.29, 1.82) is 0 Å². The quantitative estimate of drug-likeness (QED) is 0.797. The molecule has 0 bridgehead atoms. The maximum absolute atomic E-state index is 13.7. The molecule has 0 atom stereocenters. The Morgan fingerprint density at radius 2 is 1.94 bits per heavy atom. The van der Waals surface area contributed by atoms with Gasteiger partial charge < -0.3 is 5.73 Å². The first kappa shape index (κ1) is 12.3. The predicted molar refractivity (Wildman–Crippen MR) is 72.5 cm³/mol. The fraction of sp³-hybridized carbons (Fsp3) is 0.308. The van der Waals surface area contributed by atoms with Gasteiger partial charge in [-0.2, -0.15) is 0 Å². The third-order valence-electron chi connectivity index (χ3n) is 2.66. The van der Waals surface area contributed by atoms with Crippen molar-refractivity contribution in [2.75, 3.05) is 5.73 Å². The minimum atomic E-state index is -0.339. The van der Waals surface area contributed by atoms with Crippen molar-refractivity contribution in [2.24, 2.45) is 0 Å². The van der Waals surface area contributed by atoms with Crippen molar-refractivity contribution in [3.63, 3.8) is 0 Å². The normalized spacial score (nSPS) is 12.1. The zero-order valence-corrected chi connectivity index (χ0v) is 11.6. The molecule has 2 aromatic rings. The molecule has 0 unspecified atom stereocenters. The molecule has 0 aliphatic carbocycles. The molecular weight excluding hydrogens is 283 g/mol. The van der Waals surface area contributed by atoms with Gasteiger partial charge in [-0.3, -0.25) is 4.98 Å². The maximum atomic E-state index is 13.7. The largest absolute Gasteiger partial charge is 0.398 e. The highest BCUT2D eigenvalue weighted by Crippen LogP contribution is 2.32. The maximum Gasteiger partial charge on any atom is 0.134 e. The number of nitrogens with zero attached hydrogens (tertiary/aromatic N) is 1. The Hall–Kier alpha value is -1.16. The molecule has 0 spiro atoms. The Bertz CT molecular complexity index is 588. The zero-order chi connectivity index (χ0) is 12.8. The third-order valence-corrected chi connectivity index (χ3v) is 3.30. The van der Waals surface area contributed by atoms with Crippen molar-refractivity contribution < 1.29 is 4.39 Å². The second-order valence-electron chi connectivity index (χ2n) is 5.10. The van der Waals surface area contributed by atoms with E-state index in [9.17, 15) is 4.39 Å². The minimum Gasteiger partial charge on any atom is -0.398 e. The molecular formula is C13H14BrFN2. The van der Waals surface area contributed by atoms with Gasteiger partial charge in [0.05, 0.1) is 10.9 Å². The van der Waals surface area contributed by atoms with E-state index in [4.69, 9.17) is 5.73 Å². The lowest BCUT2D eigenvalue weighted by atomic mass is 9.91. The van der Waals surface area contributed by atoms with Crippen molar-refractivity contribution >= 4 is 32.5 Å². The fourth-order valence-electron chi connectivity index (χ4n) is 1.68. The number of rotatable bonds is 0. The van der Waals surface area contributed by atoms with E-state index in [0.717, 1.165) is 10.2 Å². The number of hydrogen-bond donors (Lipinski definition) is 1. The second-order valence-corrected chi connectivity index (χ2v) is 5.95. The van der Waals surface area contributed by atoms with Gasteiger partial charge in [-0.05, 0) is 34.1 Å². The van der Waals surface area contributed by atoms with Crippen molar-refractivity contribution in [2.45, 2.75) is 26.2 Å². The molecule has 1 heterocycles. The molecule has 2 rings (SSSR count). The molecule has 0 saturated carbocycles. The van der Waals surface area contributed by atoms with Crippen LogP contribution in [0.25, 0.3) is 10.9 Å². The molecule has 2 N–H and O–H groups in total. The first-order chi connectivity index (χ1) is 7.80. The average Bonchev–Trinajstić information content (AvgIpc) is 2.21. The van der Waals surface area contributed by atoms with Crippen LogP contribution >= 0.6 is 15.9 Å². The Morgan fingerprint density at radius 3 is 2.53 bits per heavy atom. The number of fused-ring (bicyclic) bond motifs is 1. The van der Waals surface area contributed by atoms with Gasteiger partial charge in [-0.25, -0.2) is 4.39 Å². The monoisotopic (exact) mass is 296 g/mol. The van der Waals surface area contributed by atoms with E-state index in [-0.39, 0.29) is 11.2 Å². The molecule has 0 fully saturated rings. The molecule has 0 saturated heterocycles. The van der Waals surface area contributed by atoms with Gasteiger partial charge in [-0.15, -0.1) is 0 Å². The van der Waals surface area contributed by atoms with Crippen LogP contribution in [0.2, 0.25) is 0 Å². The lowest BCUT2D eigenvalue weighted by Gasteiger charge is -2.19. The molecule has 1 aromatic carbocycles. The Morgan fingerprint density at radius 1 is 1.29 bits per heavy atom. The van der Waals surface area contributed by atoms with Crippen LogP contribution in [0, 0.1) is 5.82 Å². The van der Waals surface area contributed by atoms with Crippen LogP contribution in [-0.2, 0) is 5.41 Å². The van der Waals surface area contributed by atoms with Gasteiger partial charge in [0, 0.05) is 21.3 Å². The summed E-state index contributed by atoms with van der Waals surface area (Å²) in [6.45, 7) is 6.15. The minimum absolute atomic E-state index is 0.117. The summed E-state index contributed by atoms with van der Waals surface area (Å²) < 4.78 is 14.5. The first-order valence-corrected chi connectivity index (χ1v) is 6.14. The Kier molecular flexibility index (Phi) is 2.86. The zero-order valence-electron chi connectivity index (χ0n) is 10.0. The molecule has 90 valence electrons. The number of hydrogen-bond acceptors (Lipinski definition) is 2. The number of aromatic nitrogens is 1. The average molecular weight is 297 g/mol. The molecule has 0 radical (unpaired) electrons. The second kappa shape index (κ2) is 3.95. The van der Waals surface area contributed by atoms with E-state index in [2.05, 4.69) is 20.9 Å². The standard InChI is InChI=1S/C13H14BrFN2/c1-13(2,3)10-6-9(16)11-8(15)5-4-7(14)12(11)17-10/h4-6H,1-3H3,(H2,16,17). The summed E-state index contributed by atoms with van der Waals surface area (Å²) in [6, 6.07) is 4.79. The lowest BCUT2D eigenvalue weighted by Crippen LogP contribution is -2.14. The van der Waals surface area contributed by atoms with Gasteiger partial charge >= 0.3 is 0 Å². The van der Waals surface area contributed by atoms with Gasteiger partial charge in [0.25, 0.3) is 0 Å². The van der Waals surface area contributed by atoms with Gasteiger partial charge in [0.2, 0.25) is 0 Å². The van der Waals surface area contributed by atoms with Crippen LogP contribution in [-0.4, -0.2) is 4.98 Å². The highest BCUT2D eigenvalue weighted by Gasteiger charge is 2.19. The summed E-state index contributed by atoms with van der Waals surface area (Å²) >= 11 is 3.38. The highest BCUT2D eigenvalue weighted by molar-refractivity contribution is 9.10. The summed E-state index contributed by atoms with van der Waals surface area (Å²) in [5.74, 6) is -0.339. The first-order valence-electron chi connectivity index (χ1n) is 5.35. The van der Waals surface area contributed by atoms with Crippen LogP contribution in [0.3, 0.4) is 0 Å². The molecule has 17 heavy (non-hydrogen) atoms. The van der Waals surface area contributed by atoms with Crippen molar-refractivity contribution in [3.05, 3.63) is 34.2 Å². The summed E-state index contributed by atoms with van der Waals surface area (Å²) in [6.07, 6.45) is 0. The van der Waals surface area contributed by atoms with E-state index < -0.39 is 0 Å². The highest BCUT2D eigenvalue weighted by atomic mass is 79.9. The molecule has 2 nitrogen and oxygen atoms in total. The van der Waals surface area contributed by atoms with Crippen LogP contribution in [0.1, 0.15) is 26.5 Å². The number of pyridine rings is 1. The van der Waals surface area contributed by atoms with E-state index in [1.54, 1.807) is 12.1 Å². The molecule has 0 aliphatic rings. The Labute approximate surface area is 108 Å². The van der Waals surface area contributed by atoms with Gasteiger partial charge in [0.1, 0.15) is 5.82 Å². The van der Waals surface area contributed by atoms with Crippen LogP contribution in [0.15, 0.2) is 22.7 Å². The fourth-order valence-corrected chi connectivity index (χ4v) is 2.10. The number of anilines is 1. The summed E-state index contributed by atoms with van der Waals surface area (Å²) in [5, 5.41) is 0.382. The summed E-state index contributed by atoms with van der Waals surface area (Å²) in [7, 11) is 0. The summed E-state index contributed by atoms with van der Waals surface area (Å²) in [5.41, 5.74) is 7.67. The van der Waals surface area contributed by atoms with E-state index in [0.29, 0.717) is 16.6 Å². The number of benzene rings is 1.